The number of aromatic nitrogens is 2. The molecule has 0 aliphatic carbocycles. The Labute approximate surface area is 76.7 Å². The van der Waals surface area contributed by atoms with Gasteiger partial charge in [0, 0.05) is 14.1 Å². The fraction of sp³-hybridized carbons (Fsp3) is 0.500. The minimum absolute atomic E-state index is 0.326. The van der Waals surface area contributed by atoms with Gasteiger partial charge in [-0.25, -0.2) is 9.78 Å². The molecule has 1 heterocycles. The first-order valence-electron chi connectivity index (χ1n) is 4.06. The smallest absolute Gasteiger partial charge is 0.360 e. The zero-order valence-electron chi connectivity index (χ0n) is 8.00. The van der Waals surface area contributed by atoms with Gasteiger partial charge in [0.05, 0.1) is 12.9 Å². The molecule has 5 nitrogen and oxygen atoms in total. The van der Waals surface area contributed by atoms with Gasteiger partial charge >= 0.3 is 5.97 Å². The number of hydrogen-bond acceptors (Lipinski definition) is 4. The number of nitrogens with one attached hydrogen (secondary N) is 1. The van der Waals surface area contributed by atoms with Crippen molar-refractivity contribution in [2.24, 2.45) is 7.05 Å². The van der Waals surface area contributed by atoms with E-state index in [1.165, 1.54) is 0 Å². The molecule has 1 rings (SSSR count). The van der Waals surface area contributed by atoms with Crippen LogP contribution in [0.2, 0.25) is 0 Å². The number of carbonyl (C=O) groups is 1. The summed E-state index contributed by atoms with van der Waals surface area (Å²) < 4.78 is 6.56. The average Bonchev–Trinajstić information content (AvgIpc) is 2.47. The molecule has 0 radical (unpaired) electrons. The summed E-state index contributed by atoms with van der Waals surface area (Å²) in [6.45, 7) is 2.12. The van der Waals surface area contributed by atoms with Crippen LogP contribution in [0.5, 0.6) is 0 Å². The van der Waals surface area contributed by atoms with Crippen LogP contribution in [0.4, 0.5) is 5.82 Å². The van der Waals surface area contributed by atoms with Gasteiger partial charge in [0.1, 0.15) is 5.82 Å². The van der Waals surface area contributed by atoms with Crippen molar-refractivity contribution in [3.05, 3.63) is 12.0 Å². The van der Waals surface area contributed by atoms with Gasteiger partial charge in [-0.3, -0.25) is 0 Å². The van der Waals surface area contributed by atoms with E-state index < -0.39 is 5.97 Å². The highest BCUT2D eigenvalue weighted by Crippen LogP contribution is 2.12. The van der Waals surface area contributed by atoms with Crippen molar-refractivity contribution < 1.29 is 9.53 Å². The highest BCUT2D eigenvalue weighted by Gasteiger charge is 2.16. The number of imidazole rings is 1. The normalized spacial score (nSPS) is 9.77. The lowest BCUT2D eigenvalue weighted by atomic mass is 10.4. The van der Waals surface area contributed by atoms with Gasteiger partial charge in [-0.05, 0) is 6.92 Å². The van der Waals surface area contributed by atoms with Crippen LogP contribution < -0.4 is 5.32 Å². The van der Waals surface area contributed by atoms with Gasteiger partial charge in [0.25, 0.3) is 0 Å². The number of hydrogen-bond donors (Lipinski definition) is 1. The van der Waals surface area contributed by atoms with Crippen LogP contribution in [-0.2, 0) is 11.8 Å². The maximum atomic E-state index is 11.3. The molecule has 0 spiro atoms. The molecule has 0 saturated heterocycles. The molecule has 0 saturated carbocycles. The van der Waals surface area contributed by atoms with E-state index in [9.17, 15) is 4.79 Å². The standard InChI is InChI=1S/C8H13N3O2/c1-4-13-8(12)6-7(9-2)11(3)5-10-6/h5,9H,4H2,1-3H3. The molecule has 0 aliphatic heterocycles. The number of nitrogens with zero attached hydrogens (tertiary/aromatic N) is 2. The van der Waals surface area contributed by atoms with E-state index in [1.807, 2.05) is 7.05 Å². The average molecular weight is 183 g/mol. The second-order valence-corrected chi connectivity index (χ2v) is 2.52. The van der Waals surface area contributed by atoms with Gasteiger partial charge in [-0.15, -0.1) is 0 Å². The van der Waals surface area contributed by atoms with Crippen LogP contribution in [0.25, 0.3) is 0 Å². The first-order valence-corrected chi connectivity index (χ1v) is 4.06. The number of esters is 1. The van der Waals surface area contributed by atoms with E-state index in [0.29, 0.717) is 18.1 Å². The number of aryl methyl sites for hydroxylation is 1. The maximum Gasteiger partial charge on any atom is 0.360 e. The largest absolute Gasteiger partial charge is 0.461 e. The number of carbonyl (C=O) groups excluding carboxylic acids is 1. The van der Waals surface area contributed by atoms with Gasteiger partial charge in [-0.1, -0.05) is 0 Å². The Morgan fingerprint density at radius 3 is 3.00 bits per heavy atom. The summed E-state index contributed by atoms with van der Waals surface area (Å²) in [4.78, 5) is 15.2. The Hall–Kier alpha value is -1.52. The monoisotopic (exact) mass is 183 g/mol. The molecule has 0 aliphatic rings. The van der Waals surface area contributed by atoms with E-state index in [0.717, 1.165) is 0 Å². The molecule has 0 amide bonds. The minimum atomic E-state index is -0.396. The van der Waals surface area contributed by atoms with Crippen molar-refractivity contribution in [1.82, 2.24) is 9.55 Å². The second-order valence-electron chi connectivity index (χ2n) is 2.52. The molecule has 0 aromatic carbocycles. The molecule has 1 aromatic heterocycles. The van der Waals surface area contributed by atoms with Crippen molar-refractivity contribution in [1.29, 1.82) is 0 Å². The van der Waals surface area contributed by atoms with Crippen LogP contribution in [0.3, 0.4) is 0 Å². The Balaban J connectivity index is 2.93. The highest BCUT2D eigenvalue weighted by molar-refractivity contribution is 5.92. The number of anilines is 1. The molecule has 0 atom stereocenters. The van der Waals surface area contributed by atoms with Crippen molar-refractivity contribution in [2.45, 2.75) is 6.92 Å². The molecule has 0 fully saturated rings. The van der Waals surface area contributed by atoms with Gasteiger partial charge in [0.2, 0.25) is 0 Å². The third kappa shape index (κ3) is 1.80. The highest BCUT2D eigenvalue weighted by atomic mass is 16.5. The fourth-order valence-corrected chi connectivity index (χ4v) is 1.07. The van der Waals surface area contributed by atoms with Crippen LogP contribution >= 0.6 is 0 Å². The van der Waals surface area contributed by atoms with Crippen LogP contribution in [-0.4, -0.2) is 29.2 Å². The molecule has 0 unspecified atom stereocenters. The zero-order chi connectivity index (χ0) is 9.84. The van der Waals surface area contributed by atoms with E-state index in [-0.39, 0.29) is 0 Å². The summed E-state index contributed by atoms with van der Waals surface area (Å²) in [6, 6.07) is 0. The molecule has 13 heavy (non-hydrogen) atoms. The third-order valence-corrected chi connectivity index (χ3v) is 1.64. The molecule has 1 aromatic rings. The predicted octanol–water partition coefficient (Wildman–Crippen LogP) is 0.638. The van der Waals surface area contributed by atoms with Gasteiger partial charge in [0.15, 0.2) is 5.69 Å². The van der Waals surface area contributed by atoms with Crippen molar-refractivity contribution in [3.8, 4) is 0 Å². The van der Waals surface area contributed by atoms with Crippen molar-refractivity contribution >= 4 is 11.8 Å². The third-order valence-electron chi connectivity index (χ3n) is 1.64. The minimum Gasteiger partial charge on any atom is -0.461 e. The molecular formula is C8H13N3O2. The number of rotatable bonds is 3. The lowest BCUT2D eigenvalue weighted by Crippen LogP contribution is -2.09. The fourth-order valence-electron chi connectivity index (χ4n) is 1.07. The topological polar surface area (TPSA) is 56.1 Å². The van der Waals surface area contributed by atoms with E-state index in [1.54, 1.807) is 24.9 Å². The Morgan fingerprint density at radius 2 is 2.46 bits per heavy atom. The predicted molar refractivity (Wildman–Crippen MR) is 48.7 cm³/mol. The van der Waals surface area contributed by atoms with Crippen molar-refractivity contribution in [2.75, 3.05) is 19.0 Å². The zero-order valence-corrected chi connectivity index (χ0v) is 8.00. The maximum absolute atomic E-state index is 11.3. The van der Waals surface area contributed by atoms with Crippen LogP contribution in [0.1, 0.15) is 17.4 Å². The van der Waals surface area contributed by atoms with Gasteiger partial charge in [-0.2, -0.15) is 0 Å². The SMILES string of the molecule is CCOC(=O)c1ncn(C)c1NC. The van der Waals surface area contributed by atoms with E-state index in [4.69, 9.17) is 4.74 Å². The van der Waals surface area contributed by atoms with Gasteiger partial charge < -0.3 is 14.6 Å². The Bertz CT molecular complexity index is 306. The first-order chi connectivity index (χ1) is 6.20. The van der Waals surface area contributed by atoms with Crippen molar-refractivity contribution in [3.63, 3.8) is 0 Å². The lowest BCUT2D eigenvalue weighted by Gasteiger charge is -2.03. The summed E-state index contributed by atoms with van der Waals surface area (Å²) in [5, 5.41) is 2.88. The molecule has 72 valence electrons. The quantitative estimate of drug-likeness (QED) is 0.698. The lowest BCUT2D eigenvalue weighted by molar-refractivity contribution is 0.0521. The van der Waals surface area contributed by atoms with Crippen LogP contribution in [0, 0.1) is 0 Å². The molecule has 1 N–H and O–H groups in total. The summed E-state index contributed by atoms with van der Waals surface area (Å²) in [5.74, 6) is 0.269. The number of ether oxygens (including phenoxy) is 1. The summed E-state index contributed by atoms with van der Waals surface area (Å²) in [6.07, 6.45) is 1.57. The summed E-state index contributed by atoms with van der Waals surface area (Å²) in [7, 11) is 3.54. The second kappa shape index (κ2) is 3.93. The molecule has 5 heteroatoms. The van der Waals surface area contributed by atoms with Crippen LogP contribution in [0.15, 0.2) is 6.33 Å². The molecular weight excluding hydrogens is 170 g/mol. The summed E-state index contributed by atoms with van der Waals surface area (Å²) in [5.41, 5.74) is 0.326. The Morgan fingerprint density at radius 1 is 1.77 bits per heavy atom. The molecule has 0 bridgehead atoms. The van der Waals surface area contributed by atoms with E-state index in [2.05, 4.69) is 10.3 Å². The first kappa shape index (κ1) is 9.57. The van der Waals surface area contributed by atoms with E-state index >= 15 is 0 Å². The summed E-state index contributed by atoms with van der Waals surface area (Å²) >= 11 is 0. The Kier molecular flexibility index (Phi) is 2.89.